The van der Waals surface area contributed by atoms with Gasteiger partial charge in [0.15, 0.2) is 0 Å². The van der Waals surface area contributed by atoms with Crippen LogP contribution in [0.25, 0.3) is 0 Å². The van der Waals surface area contributed by atoms with Crippen molar-refractivity contribution in [2.24, 2.45) is 5.73 Å². The van der Waals surface area contributed by atoms with Crippen LogP contribution in [0.3, 0.4) is 0 Å². The molecular formula is C9H16N2O2S. The quantitative estimate of drug-likeness (QED) is 0.651. The average Bonchev–Trinajstić information content (AvgIpc) is 2.08. The molecule has 1 fully saturated rings. The van der Waals surface area contributed by atoms with Gasteiger partial charge in [0.2, 0.25) is 5.91 Å². The van der Waals surface area contributed by atoms with Crippen molar-refractivity contribution in [1.82, 2.24) is 5.32 Å². The van der Waals surface area contributed by atoms with Crippen molar-refractivity contribution in [1.29, 1.82) is 0 Å². The summed E-state index contributed by atoms with van der Waals surface area (Å²) in [4.78, 5) is 11.7. The number of hydrogen-bond donors (Lipinski definition) is 2. The fourth-order valence-corrected chi connectivity index (χ4v) is 1.64. The van der Waals surface area contributed by atoms with Crippen molar-refractivity contribution >= 4 is 23.1 Å². The number of carbonyl (C=O) groups is 1. The van der Waals surface area contributed by atoms with Gasteiger partial charge in [0.05, 0.1) is 23.6 Å². The summed E-state index contributed by atoms with van der Waals surface area (Å²) >= 11 is 4.66. The Bertz CT molecular complexity index is 233. The minimum atomic E-state index is -0.222. The van der Waals surface area contributed by atoms with Crippen LogP contribution >= 0.6 is 12.2 Å². The minimum Gasteiger partial charge on any atom is -0.392 e. The Morgan fingerprint density at radius 2 is 2.29 bits per heavy atom. The molecule has 4 nitrogen and oxygen atoms in total. The van der Waals surface area contributed by atoms with Crippen LogP contribution in [-0.2, 0) is 9.53 Å². The molecule has 0 spiro atoms. The summed E-state index contributed by atoms with van der Waals surface area (Å²) in [5.41, 5.74) is 5.05. The smallest absolute Gasteiger partial charge is 0.223 e. The van der Waals surface area contributed by atoms with Gasteiger partial charge in [-0.2, -0.15) is 0 Å². The molecule has 0 radical (unpaired) electrons. The predicted molar refractivity (Wildman–Crippen MR) is 58.0 cm³/mol. The van der Waals surface area contributed by atoms with Gasteiger partial charge >= 0.3 is 0 Å². The van der Waals surface area contributed by atoms with Crippen LogP contribution in [0, 0.1) is 0 Å². The van der Waals surface area contributed by atoms with E-state index in [1.165, 1.54) is 0 Å². The lowest BCUT2D eigenvalue weighted by Crippen LogP contribution is -2.45. The van der Waals surface area contributed by atoms with E-state index in [1.807, 2.05) is 0 Å². The average molecular weight is 216 g/mol. The Balaban J connectivity index is 2.28. The molecule has 0 aliphatic heterocycles. The number of rotatable bonds is 5. The van der Waals surface area contributed by atoms with Gasteiger partial charge in [0.25, 0.3) is 0 Å². The molecule has 0 aromatic heterocycles. The van der Waals surface area contributed by atoms with E-state index in [2.05, 4.69) is 17.5 Å². The highest BCUT2D eigenvalue weighted by Gasteiger charge is 2.38. The van der Waals surface area contributed by atoms with Crippen molar-refractivity contribution < 1.29 is 9.53 Å². The molecule has 80 valence electrons. The van der Waals surface area contributed by atoms with Gasteiger partial charge in [-0.1, -0.05) is 12.2 Å². The third-order valence-corrected chi connectivity index (χ3v) is 2.78. The topological polar surface area (TPSA) is 64.3 Å². The molecule has 0 atom stereocenters. The largest absolute Gasteiger partial charge is 0.392 e. The summed E-state index contributed by atoms with van der Waals surface area (Å²) < 4.78 is 5.33. The zero-order chi connectivity index (χ0) is 10.6. The lowest BCUT2D eigenvalue weighted by molar-refractivity contribution is -0.133. The first-order chi connectivity index (χ1) is 6.58. The van der Waals surface area contributed by atoms with Crippen molar-refractivity contribution in [3.63, 3.8) is 0 Å². The maximum Gasteiger partial charge on any atom is 0.223 e. The van der Waals surface area contributed by atoms with Gasteiger partial charge < -0.3 is 15.8 Å². The van der Waals surface area contributed by atoms with Crippen LogP contribution in [0.15, 0.2) is 0 Å². The number of thiocarbonyl (C=S) groups is 1. The van der Waals surface area contributed by atoms with E-state index in [1.54, 1.807) is 7.11 Å². The first kappa shape index (κ1) is 11.4. The zero-order valence-corrected chi connectivity index (χ0v) is 9.15. The standard InChI is InChI=1S/C9H16N2O2S/c1-13-9(3-2-4-9)5-8(12)11-6-7(10)14/h2-6H2,1H3,(H2,10,14)(H,11,12). The maximum absolute atomic E-state index is 11.4. The molecule has 5 heteroatoms. The molecule has 3 N–H and O–H groups in total. The maximum atomic E-state index is 11.4. The second-order valence-electron chi connectivity index (χ2n) is 3.66. The highest BCUT2D eigenvalue weighted by molar-refractivity contribution is 7.80. The van der Waals surface area contributed by atoms with Gasteiger partial charge in [-0.25, -0.2) is 0 Å². The normalized spacial score (nSPS) is 18.4. The predicted octanol–water partition coefficient (Wildman–Crippen LogP) is 0.348. The number of ether oxygens (including phenoxy) is 1. The lowest BCUT2D eigenvalue weighted by atomic mass is 9.77. The van der Waals surface area contributed by atoms with Crippen molar-refractivity contribution in [3.05, 3.63) is 0 Å². The minimum absolute atomic E-state index is 0.0423. The highest BCUT2D eigenvalue weighted by Crippen LogP contribution is 2.37. The van der Waals surface area contributed by atoms with Crippen molar-refractivity contribution in [3.8, 4) is 0 Å². The second-order valence-corrected chi connectivity index (χ2v) is 4.18. The van der Waals surface area contributed by atoms with Crippen LogP contribution in [-0.4, -0.2) is 30.2 Å². The fourth-order valence-electron chi connectivity index (χ4n) is 1.56. The number of hydrogen-bond acceptors (Lipinski definition) is 3. The number of amides is 1. The number of nitrogens with two attached hydrogens (primary N) is 1. The monoisotopic (exact) mass is 216 g/mol. The van der Waals surface area contributed by atoms with Gasteiger partial charge in [0.1, 0.15) is 0 Å². The van der Waals surface area contributed by atoms with E-state index in [-0.39, 0.29) is 18.1 Å². The van der Waals surface area contributed by atoms with E-state index in [9.17, 15) is 4.79 Å². The van der Waals surface area contributed by atoms with Crippen LogP contribution in [0.2, 0.25) is 0 Å². The van der Waals surface area contributed by atoms with Crippen LogP contribution in [0.5, 0.6) is 0 Å². The molecule has 1 saturated carbocycles. The molecule has 1 amide bonds. The fraction of sp³-hybridized carbons (Fsp3) is 0.778. The van der Waals surface area contributed by atoms with E-state index in [4.69, 9.17) is 10.5 Å². The second kappa shape index (κ2) is 4.70. The molecule has 0 unspecified atom stereocenters. The third-order valence-electron chi connectivity index (χ3n) is 2.64. The molecule has 0 bridgehead atoms. The molecule has 14 heavy (non-hydrogen) atoms. The van der Waals surface area contributed by atoms with Gasteiger partial charge in [0, 0.05) is 7.11 Å². The van der Waals surface area contributed by atoms with Crippen molar-refractivity contribution in [2.45, 2.75) is 31.3 Å². The lowest BCUT2D eigenvalue weighted by Gasteiger charge is -2.39. The van der Waals surface area contributed by atoms with Gasteiger partial charge in [-0.15, -0.1) is 0 Å². The number of nitrogens with one attached hydrogen (secondary N) is 1. The SMILES string of the molecule is COC1(CC(=O)NCC(N)=S)CCC1. The van der Waals surface area contributed by atoms with Gasteiger partial charge in [-0.3, -0.25) is 4.79 Å². The summed E-state index contributed by atoms with van der Waals surface area (Å²) in [6, 6.07) is 0. The van der Waals surface area contributed by atoms with E-state index in [0.29, 0.717) is 11.4 Å². The first-order valence-corrected chi connectivity index (χ1v) is 5.09. The Hall–Kier alpha value is -0.680. The number of methoxy groups -OCH3 is 1. The summed E-state index contributed by atoms with van der Waals surface area (Å²) in [6.07, 6.45) is 3.47. The molecule has 0 aromatic carbocycles. The first-order valence-electron chi connectivity index (χ1n) is 4.68. The summed E-state index contributed by atoms with van der Waals surface area (Å²) in [5, 5.41) is 2.66. The Morgan fingerprint density at radius 3 is 2.64 bits per heavy atom. The molecule has 0 aromatic rings. The molecule has 0 saturated heterocycles. The number of carbonyl (C=O) groups excluding carboxylic acids is 1. The highest BCUT2D eigenvalue weighted by atomic mass is 32.1. The zero-order valence-electron chi connectivity index (χ0n) is 8.34. The van der Waals surface area contributed by atoms with E-state index >= 15 is 0 Å². The Kier molecular flexibility index (Phi) is 3.83. The van der Waals surface area contributed by atoms with Crippen molar-refractivity contribution in [2.75, 3.05) is 13.7 Å². The van der Waals surface area contributed by atoms with E-state index in [0.717, 1.165) is 19.3 Å². The molecule has 1 aliphatic rings. The Morgan fingerprint density at radius 1 is 1.64 bits per heavy atom. The van der Waals surface area contributed by atoms with Gasteiger partial charge in [-0.05, 0) is 19.3 Å². The summed E-state index contributed by atoms with van der Waals surface area (Å²) in [6.45, 7) is 0.272. The molecule has 1 rings (SSSR count). The molecular weight excluding hydrogens is 200 g/mol. The Labute approximate surface area is 89.2 Å². The van der Waals surface area contributed by atoms with Crippen LogP contribution < -0.4 is 11.1 Å². The van der Waals surface area contributed by atoms with Crippen LogP contribution in [0.1, 0.15) is 25.7 Å². The van der Waals surface area contributed by atoms with E-state index < -0.39 is 0 Å². The summed E-state index contributed by atoms with van der Waals surface area (Å²) in [7, 11) is 1.65. The van der Waals surface area contributed by atoms with Crippen LogP contribution in [0.4, 0.5) is 0 Å². The summed E-state index contributed by atoms with van der Waals surface area (Å²) in [5.74, 6) is -0.0423. The third kappa shape index (κ3) is 2.92. The molecule has 0 heterocycles. The molecule has 1 aliphatic carbocycles.